The zero-order valence-corrected chi connectivity index (χ0v) is 15.6. The minimum absolute atomic E-state index is 0.0664. The van der Waals surface area contributed by atoms with Crippen molar-refractivity contribution in [1.29, 1.82) is 0 Å². The smallest absolute Gasteiger partial charge is 0.227 e. The summed E-state index contributed by atoms with van der Waals surface area (Å²) in [5.74, 6) is 1.03. The van der Waals surface area contributed by atoms with Crippen molar-refractivity contribution < 1.29 is 9.53 Å². The number of nitrogens with zero attached hydrogens (tertiary/aromatic N) is 1. The van der Waals surface area contributed by atoms with Crippen molar-refractivity contribution in [3.8, 4) is 5.75 Å². The van der Waals surface area contributed by atoms with Crippen molar-refractivity contribution in [2.45, 2.75) is 25.8 Å². The molecule has 0 spiro atoms. The maximum atomic E-state index is 11.8. The number of hydrogen-bond acceptors (Lipinski definition) is 3. The second-order valence-electron chi connectivity index (χ2n) is 6.32. The van der Waals surface area contributed by atoms with Gasteiger partial charge in [-0.15, -0.1) is 0 Å². The topological polar surface area (TPSA) is 53.6 Å². The largest absolute Gasteiger partial charge is 0.491 e. The molecular formula is C20H23N3O2S. The first kappa shape index (κ1) is 18.2. The molecule has 0 aliphatic carbocycles. The predicted molar refractivity (Wildman–Crippen MR) is 109 cm³/mol. The molecule has 1 aliphatic heterocycles. The SMILES string of the molecule is CC(COc1ccccc1)NC(=S)Nc1ccc(N2CCCC2=O)cc1. The van der Waals surface area contributed by atoms with Gasteiger partial charge in [0.15, 0.2) is 5.11 Å². The molecule has 2 aromatic rings. The molecule has 1 saturated heterocycles. The van der Waals surface area contributed by atoms with Gasteiger partial charge in [-0.2, -0.15) is 0 Å². The molecule has 0 saturated carbocycles. The van der Waals surface area contributed by atoms with Crippen LogP contribution < -0.4 is 20.3 Å². The highest BCUT2D eigenvalue weighted by Gasteiger charge is 2.21. The van der Waals surface area contributed by atoms with E-state index in [1.165, 1.54) is 0 Å². The Hall–Kier alpha value is -2.60. The van der Waals surface area contributed by atoms with E-state index in [4.69, 9.17) is 17.0 Å². The van der Waals surface area contributed by atoms with E-state index in [0.29, 0.717) is 18.1 Å². The minimum Gasteiger partial charge on any atom is -0.491 e. The first-order valence-electron chi connectivity index (χ1n) is 8.77. The number of thiocarbonyl (C=S) groups is 1. The summed E-state index contributed by atoms with van der Waals surface area (Å²) < 4.78 is 5.71. The number of carbonyl (C=O) groups excluding carboxylic acids is 1. The monoisotopic (exact) mass is 369 g/mol. The highest BCUT2D eigenvalue weighted by atomic mass is 32.1. The lowest BCUT2D eigenvalue weighted by Gasteiger charge is -2.19. The van der Waals surface area contributed by atoms with Gasteiger partial charge in [-0.1, -0.05) is 18.2 Å². The lowest BCUT2D eigenvalue weighted by molar-refractivity contribution is -0.117. The molecule has 1 heterocycles. The van der Waals surface area contributed by atoms with Gasteiger partial charge in [-0.25, -0.2) is 0 Å². The fourth-order valence-electron chi connectivity index (χ4n) is 2.82. The fraction of sp³-hybridized carbons (Fsp3) is 0.300. The van der Waals surface area contributed by atoms with Gasteiger partial charge in [0.2, 0.25) is 5.91 Å². The van der Waals surface area contributed by atoms with Crippen molar-refractivity contribution >= 4 is 34.6 Å². The molecule has 6 heteroatoms. The van der Waals surface area contributed by atoms with Gasteiger partial charge in [-0.05, 0) is 62.0 Å². The maximum absolute atomic E-state index is 11.8. The molecule has 3 rings (SSSR count). The number of ether oxygens (including phenoxy) is 1. The third-order valence-electron chi connectivity index (χ3n) is 4.13. The number of hydrogen-bond donors (Lipinski definition) is 2. The molecular weight excluding hydrogens is 346 g/mol. The Labute approximate surface area is 159 Å². The van der Waals surface area contributed by atoms with Crippen molar-refractivity contribution in [1.82, 2.24) is 5.32 Å². The molecule has 5 nitrogen and oxygen atoms in total. The van der Waals surface area contributed by atoms with Crippen LogP contribution in [0.1, 0.15) is 19.8 Å². The summed E-state index contributed by atoms with van der Waals surface area (Å²) in [5, 5.41) is 6.91. The molecule has 0 aromatic heterocycles. The molecule has 1 aliphatic rings. The van der Waals surface area contributed by atoms with Crippen molar-refractivity contribution in [2.75, 3.05) is 23.4 Å². The Morgan fingerprint density at radius 1 is 1.19 bits per heavy atom. The molecule has 2 N–H and O–H groups in total. The minimum atomic E-state index is 0.0664. The first-order valence-corrected chi connectivity index (χ1v) is 9.18. The van der Waals surface area contributed by atoms with Crippen LogP contribution in [0.5, 0.6) is 5.75 Å². The van der Waals surface area contributed by atoms with E-state index in [2.05, 4.69) is 10.6 Å². The molecule has 1 amide bonds. The molecule has 2 aromatic carbocycles. The number of rotatable bonds is 6. The van der Waals surface area contributed by atoms with E-state index < -0.39 is 0 Å². The Morgan fingerprint density at radius 3 is 2.58 bits per heavy atom. The van der Waals surface area contributed by atoms with Gasteiger partial charge in [0.25, 0.3) is 0 Å². The van der Waals surface area contributed by atoms with Gasteiger partial charge in [0.05, 0.1) is 6.04 Å². The number of anilines is 2. The van der Waals surface area contributed by atoms with Crippen LogP contribution in [0.3, 0.4) is 0 Å². The van der Waals surface area contributed by atoms with Crippen LogP contribution in [0, 0.1) is 0 Å². The van der Waals surface area contributed by atoms with E-state index in [1.54, 1.807) is 0 Å². The van der Waals surface area contributed by atoms with Crippen LogP contribution in [-0.2, 0) is 4.79 Å². The fourth-order valence-corrected chi connectivity index (χ4v) is 3.14. The van der Waals surface area contributed by atoms with Crippen LogP contribution in [0.25, 0.3) is 0 Å². The summed E-state index contributed by atoms with van der Waals surface area (Å²) in [4.78, 5) is 13.6. The molecule has 1 atom stereocenters. The molecule has 0 radical (unpaired) electrons. The highest BCUT2D eigenvalue weighted by molar-refractivity contribution is 7.80. The Bertz CT molecular complexity index is 749. The number of para-hydroxylation sites is 1. The second kappa shape index (κ2) is 8.67. The predicted octanol–water partition coefficient (Wildman–Crippen LogP) is 3.57. The van der Waals surface area contributed by atoms with Crippen LogP contribution in [0.2, 0.25) is 0 Å². The van der Waals surface area contributed by atoms with Crippen molar-refractivity contribution in [3.05, 3.63) is 54.6 Å². The van der Waals surface area contributed by atoms with E-state index in [9.17, 15) is 4.79 Å². The standard InChI is InChI=1S/C20H23N3O2S/c1-15(14-25-18-6-3-2-4-7-18)21-20(26)22-16-9-11-17(12-10-16)23-13-5-8-19(23)24/h2-4,6-7,9-12,15H,5,8,13-14H2,1H3,(H2,21,22,26). The van der Waals surface area contributed by atoms with Gasteiger partial charge < -0.3 is 20.3 Å². The number of carbonyl (C=O) groups is 1. The van der Waals surface area contributed by atoms with Crippen LogP contribution in [-0.4, -0.2) is 30.2 Å². The molecule has 1 fully saturated rings. The van der Waals surface area contributed by atoms with E-state index in [1.807, 2.05) is 66.4 Å². The third kappa shape index (κ3) is 4.95. The first-order chi connectivity index (χ1) is 12.6. The van der Waals surface area contributed by atoms with Gasteiger partial charge in [0, 0.05) is 24.3 Å². The van der Waals surface area contributed by atoms with Crippen LogP contribution in [0.15, 0.2) is 54.6 Å². The highest BCUT2D eigenvalue weighted by Crippen LogP contribution is 2.23. The summed E-state index contributed by atoms with van der Waals surface area (Å²) in [6.45, 7) is 3.32. The van der Waals surface area contributed by atoms with Crippen LogP contribution >= 0.6 is 12.2 Å². The van der Waals surface area contributed by atoms with E-state index in [0.717, 1.165) is 30.1 Å². The third-order valence-corrected chi connectivity index (χ3v) is 4.35. The number of amides is 1. The summed E-state index contributed by atoms with van der Waals surface area (Å²) in [5.41, 5.74) is 1.82. The molecule has 136 valence electrons. The van der Waals surface area contributed by atoms with E-state index in [-0.39, 0.29) is 11.9 Å². The van der Waals surface area contributed by atoms with E-state index >= 15 is 0 Å². The number of benzene rings is 2. The summed E-state index contributed by atoms with van der Waals surface area (Å²) >= 11 is 5.36. The maximum Gasteiger partial charge on any atom is 0.227 e. The normalized spacial score (nSPS) is 14.8. The average molecular weight is 369 g/mol. The summed E-state index contributed by atoms with van der Waals surface area (Å²) in [6.07, 6.45) is 1.56. The molecule has 0 bridgehead atoms. The molecule has 1 unspecified atom stereocenters. The van der Waals surface area contributed by atoms with Crippen molar-refractivity contribution in [3.63, 3.8) is 0 Å². The lowest BCUT2D eigenvalue weighted by atomic mass is 10.2. The lowest BCUT2D eigenvalue weighted by Crippen LogP contribution is -2.39. The van der Waals surface area contributed by atoms with Gasteiger partial charge in [0.1, 0.15) is 12.4 Å². The van der Waals surface area contributed by atoms with Gasteiger partial charge in [-0.3, -0.25) is 4.79 Å². The zero-order valence-electron chi connectivity index (χ0n) is 14.8. The quantitative estimate of drug-likeness (QED) is 0.763. The average Bonchev–Trinajstić information content (AvgIpc) is 3.07. The zero-order chi connectivity index (χ0) is 18.4. The van der Waals surface area contributed by atoms with Gasteiger partial charge >= 0.3 is 0 Å². The Morgan fingerprint density at radius 2 is 1.92 bits per heavy atom. The summed E-state index contributed by atoms with van der Waals surface area (Å²) in [7, 11) is 0. The Kier molecular flexibility index (Phi) is 6.07. The van der Waals surface area contributed by atoms with Crippen LogP contribution in [0.4, 0.5) is 11.4 Å². The van der Waals surface area contributed by atoms with Crippen molar-refractivity contribution in [2.24, 2.45) is 0 Å². The number of nitrogens with one attached hydrogen (secondary N) is 2. The molecule has 26 heavy (non-hydrogen) atoms. The Balaban J connectivity index is 1.46. The summed E-state index contributed by atoms with van der Waals surface area (Å²) in [6, 6.07) is 17.5. The second-order valence-corrected chi connectivity index (χ2v) is 6.73.